The van der Waals surface area contributed by atoms with Crippen LogP contribution in [0.3, 0.4) is 0 Å². The van der Waals surface area contributed by atoms with Gasteiger partial charge in [-0.3, -0.25) is 0 Å². The second-order valence-corrected chi connectivity index (χ2v) is 4.54. The van der Waals surface area contributed by atoms with E-state index in [2.05, 4.69) is 0 Å². The molecule has 0 unspecified atom stereocenters. The molecule has 20 heavy (non-hydrogen) atoms. The minimum absolute atomic E-state index is 0.372. The van der Waals surface area contributed by atoms with Crippen LogP contribution >= 0.6 is 0 Å². The SMILES string of the molecule is COc1ccc2c(oc(=O)c3cccc(OC)c32)c1C. The summed E-state index contributed by atoms with van der Waals surface area (Å²) >= 11 is 0. The van der Waals surface area contributed by atoms with Gasteiger partial charge in [0.05, 0.1) is 19.6 Å². The molecule has 0 aliphatic carbocycles. The maximum Gasteiger partial charge on any atom is 0.344 e. The Kier molecular flexibility index (Phi) is 2.86. The number of hydrogen-bond acceptors (Lipinski definition) is 4. The van der Waals surface area contributed by atoms with E-state index in [1.165, 1.54) is 0 Å². The standard InChI is InChI=1S/C16H14O4/c1-9-12(18-2)8-7-10-14-11(16(17)20-15(9)10)5-4-6-13(14)19-3/h4-8H,1-3H3. The molecule has 0 bridgehead atoms. The molecule has 4 nitrogen and oxygen atoms in total. The molecule has 0 aliphatic rings. The molecule has 3 aromatic rings. The van der Waals surface area contributed by atoms with Gasteiger partial charge in [-0.25, -0.2) is 4.79 Å². The Morgan fingerprint density at radius 2 is 1.70 bits per heavy atom. The zero-order valence-corrected chi connectivity index (χ0v) is 11.5. The van der Waals surface area contributed by atoms with Crippen molar-refractivity contribution in [3.63, 3.8) is 0 Å². The molecule has 2 aromatic carbocycles. The normalized spacial score (nSPS) is 10.9. The molecule has 0 amide bonds. The lowest BCUT2D eigenvalue weighted by Gasteiger charge is -2.11. The Balaban J connectivity index is 2.60. The highest BCUT2D eigenvalue weighted by Crippen LogP contribution is 2.34. The summed E-state index contributed by atoms with van der Waals surface area (Å²) in [7, 11) is 3.18. The summed E-state index contributed by atoms with van der Waals surface area (Å²) < 4.78 is 16.1. The summed E-state index contributed by atoms with van der Waals surface area (Å²) in [6.07, 6.45) is 0. The average molecular weight is 270 g/mol. The van der Waals surface area contributed by atoms with E-state index in [0.717, 1.165) is 16.3 Å². The fourth-order valence-corrected chi connectivity index (χ4v) is 2.52. The lowest BCUT2D eigenvalue weighted by Crippen LogP contribution is -2.02. The van der Waals surface area contributed by atoms with Crippen molar-refractivity contribution in [2.24, 2.45) is 0 Å². The van der Waals surface area contributed by atoms with Gasteiger partial charge < -0.3 is 13.9 Å². The highest BCUT2D eigenvalue weighted by atomic mass is 16.5. The van der Waals surface area contributed by atoms with Crippen LogP contribution in [0.4, 0.5) is 0 Å². The quantitative estimate of drug-likeness (QED) is 0.529. The summed E-state index contributed by atoms with van der Waals surface area (Å²) in [6, 6.07) is 9.10. The summed E-state index contributed by atoms with van der Waals surface area (Å²) in [4.78, 5) is 12.1. The van der Waals surface area contributed by atoms with Crippen molar-refractivity contribution in [2.75, 3.05) is 14.2 Å². The lowest BCUT2D eigenvalue weighted by atomic mass is 10.0. The third-order valence-electron chi connectivity index (χ3n) is 3.51. The second kappa shape index (κ2) is 4.56. The number of hydrogen-bond donors (Lipinski definition) is 0. The van der Waals surface area contributed by atoms with E-state index in [4.69, 9.17) is 13.9 Å². The predicted molar refractivity (Wildman–Crippen MR) is 77.8 cm³/mol. The fourth-order valence-electron chi connectivity index (χ4n) is 2.52. The first kappa shape index (κ1) is 12.5. The third-order valence-corrected chi connectivity index (χ3v) is 3.51. The van der Waals surface area contributed by atoms with Crippen LogP contribution in [-0.4, -0.2) is 14.2 Å². The van der Waals surface area contributed by atoms with E-state index >= 15 is 0 Å². The third kappa shape index (κ3) is 1.65. The molecular formula is C16H14O4. The maximum atomic E-state index is 12.1. The van der Waals surface area contributed by atoms with Gasteiger partial charge in [0.2, 0.25) is 0 Å². The molecular weight excluding hydrogens is 256 g/mol. The minimum atomic E-state index is -0.372. The lowest BCUT2D eigenvalue weighted by molar-refractivity contribution is 0.410. The molecule has 0 saturated heterocycles. The first-order valence-electron chi connectivity index (χ1n) is 6.24. The zero-order valence-electron chi connectivity index (χ0n) is 11.5. The van der Waals surface area contributed by atoms with Gasteiger partial charge in [-0.15, -0.1) is 0 Å². The monoisotopic (exact) mass is 270 g/mol. The first-order valence-corrected chi connectivity index (χ1v) is 6.24. The van der Waals surface area contributed by atoms with Crippen LogP contribution in [0, 0.1) is 6.92 Å². The van der Waals surface area contributed by atoms with E-state index in [-0.39, 0.29) is 5.63 Å². The average Bonchev–Trinajstić information content (AvgIpc) is 2.48. The van der Waals surface area contributed by atoms with Crippen LogP contribution < -0.4 is 15.1 Å². The van der Waals surface area contributed by atoms with Crippen LogP contribution in [0.1, 0.15) is 5.56 Å². The molecule has 1 aromatic heterocycles. The van der Waals surface area contributed by atoms with Crippen molar-refractivity contribution in [3.05, 3.63) is 46.3 Å². The topological polar surface area (TPSA) is 48.7 Å². The van der Waals surface area contributed by atoms with Crippen LogP contribution in [0.2, 0.25) is 0 Å². The Morgan fingerprint density at radius 3 is 2.40 bits per heavy atom. The smallest absolute Gasteiger partial charge is 0.344 e. The molecule has 1 heterocycles. The predicted octanol–water partition coefficient (Wildman–Crippen LogP) is 3.27. The van der Waals surface area contributed by atoms with E-state index in [1.807, 2.05) is 25.1 Å². The molecule has 0 radical (unpaired) electrons. The molecule has 4 heteroatoms. The van der Waals surface area contributed by atoms with Gasteiger partial charge in [0, 0.05) is 16.3 Å². The van der Waals surface area contributed by atoms with Gasteiger partial charge in [-0.2, -0.15) is 0 Å². The Bertz CT molecular complexity index is 862. The van der Waals surface area contributed by atoms with Crippen molar-refractivity contribution < 1.29 is 13.9 Å². The summed E-state index contributed by atoms with van der Waals surface area (Å²) in [5.41, 5.74) is 0.962. The molecule has 3 rings (SSSR count). The van der Waals surface area contributed by atoms with Crippen molar-refractivity contribution in [1.29, 1.82) is 0 Å². The molecule has 0 N–H and O–H groups in total. The van der Waals surface area contributed by atoms with E-state index in [1.54, 1.807) is 26.4 Å². The number of aryl methyl sites for hydroxylation is 1. The number of fused-ring (bicyclic) bond motifs is 3. The Labute approximate surface area is 115 Å². The zero-order chi connectivity index (χ0) is 14.3. The van der Waals surface area contributed by atoms with E-state index < -0.39 is 0 Å². The molecule has 0 atom stereocenters. The van der Waals surface area contributed by atoms with E-state index in [9.17, 15) is 4.79 Å². The Morgan fingerprint density at radius 1 is 0.950 bits per heavy atom. The van der Waals surface area contributed by atoms with Crippen LogP contribution in [0.25, 0.3) is 21.7 Å². The molecule has 0 spiro atoms. The highest BCUT2D eigenvalue weighted by molar-refractivity contribution is 6.08. The van der Waals surface area contributed by atoms with Gasteiger partial charge in [0.15, 0.2) is 0 Å². The first-order chi connectivity index (χ1) is 9.67. The van der Waals surface area contributed by atoms with Crippen LogP contribution in [0.15, 0.2) is 39.5 Å². The minimum Gasteiger partial charge on any atom is -0.496 e. The number of rotatable bonds is 2. The van der Waals surface area contributed by atoms with Crippen molar-refractivity contribution >= 4 is 21.7 Å². The van der Waals surface area contributed by atoms with Crippen molar-refractivity contribution in [2.45, 2.75) is 6.92 Å². The second-order valence-electron chi connectivity index (χ2n) is 4.54. The van der Waals surface area contributed by atoms with Gasteiger partial charge in [-0.05, 0) is 31.2 Å². The van der Waals surface area contributed by atoms with Gasteiger partial charge in [0.25, 0.3) is 0 Å². The Hall–Kier alpha value is -2.49. The fraction of sp³-hybridized carbons (Fsp3) is 0.188. The molecule has 102 valence electrons. The maximum absolute atomic E-state index is 12.1. The van der Waals surface area contributed by atoms with Crippen molar-refractivity contribution in [1.82, 2.24) is 0 Å². The van der Waals surface area contributed by atoms with Crippen LogP contribution in [0.5, 0.6) is 11.5 Å². The van der Waals surface area contributed by atoms with Crippen molar-refractivity contribution in [3.8, 4) is 11.5 Å². The van der Waals surface area contributed by atoms with Gasteiger partial charge >= 0.3 is 5.63 Å². The van der Waals surface area contributed by atoms with E-state index in [0.29, 0.717) is 22.5 Å². The van der Waals surface area contributed by atoms with Gasteiger partial charge in [0.1, 0.15) is 17.1 Å². The molecule has 0 saturated carbocycles. The largest absolute Gasteiger partial charge is 0.496 e. The number of benzene rings is 2. The molecule has 0 fully saturated rings. The summed E-state index contributed by atoms with van der Waals surface area (Å²) in [6.45, 7) is 1.87. The number of ether oxygens (including phenoxy) is 2. The number of methoxy groups -OCH3 is 2. The van der Waals surface area contributed by atoms with Gasteiger partial charge in [-0.1, -0.05) is 6.07 Å². The molecule has 0 aliphatic heterocycles. The summed E-state index contributed by atoms with van der Waals surface area (Å²) in [5, 5.41) is 2.13. The summed E-state index contributed by atoms with van der Waals surface area (Å²) in [5.74, 6) is 1.35. The van der Waals surface area contributed by atoms with Crippen LogP contribution in [-0.2, 0) is 0 Å². The highest BCUT2D eigenvalue weighted by Gasteiger charge is 2.14.